The first-order valence-corrected chi connectivity index (χ1v) is 14.5. The molecule has 0 fully saturated rings. The molecule has 0 aliphatic carbocycles. The molecule has 2 aromatic carbocycles. The van der Waals surface area contributed by atoms with Crippen molar-refractivity contribution in [2.24, 2.45) is 0 Å². The number of hydrogen-bond acceptors (Lipinski definition) is 8. The third-order valence-corrected chi connectivity index (χ3v) is 8.07. The van der Waals surface area contributed by atoms with E-state index < -0.39 is 11.9 Å². The van der Waals surface area contributed by atoms with E-state index in [4.69, 9.17) is 40.0 Å². The molecule has 11 heteroatoms. The lowest BCUT2D eigenvalue weighted by molar-refractivity contribution is -0.941. The summed E-state index contributed by atoms with van der Waals surface area (Å²) in [5.41, 5.74) is 3.40. The second-order valence-corrected chi connectivity index (χ2v) is 12.2. The standard InChI is InChI=1S/C32H45ClN2O8/c1-34(2,3)13-15-42-31(36)21-25(33)32(37)43-16-14-35(4)12-11-23-19-29(40-7)30(41-8)20-24(23)26(35)17-22-9-10-27(38-5)28(18-22)39-6/h9-10,18-21,26H,11-17H2,1-8H3/q+2/b25-21-. The summed E-state index contributed by atoms with van der Waals surface area (Å²) >= 11 is 6.10. The minimum Gasteiger partial charge on any atom is -0.493 e. The molecule has 3 rings (SSSR count). The summed E-state index contributed by atoms with van der Waals surface area (Å²) in [7, 11) is 14.6. The Morgan fingerprint density at radius 2 is 1.53 bits per heavy atom. The zero-order valence-corrected chi connectivity index (χ0v) is 27.3. The first-order valence-electron chi connectivity index (χ1n) is 14.2. The highest BCUT2D eigenvalue weighted by Gasteiger charge is 2.40. The van der Waals surface area contributed by atoms with Crippen LogP contribution >= 0.6 is 11.6 Å². The molecule has 236 valence electrons. The van der Waals surface area contributed by atoms with Crippen LogP contribution < -0.4 is 18.9 Å². The SMILES string of the molecule is COc1ccc(CC2c3cc(OC)c(OC)cc3CC[N+]2(C)CCOC(=O)/C(Cl)=C/C(=O)OCC[N+](C)(C)C)cc1OC. The summed E-state index contributed by atoms with van der Waals surface area (Å²) in [6.07, 6.45) is 2.46. The number of halogens is 1. The number of nitrogens with zero attached hydrogens (tertiary/aromatic N) is 2. The van der Waals surface area contributed by atoms with Crippen LogP contribution in [-0.2, 0) is 31.9 Å². The highest BCUT2D eigenvalue weighted by Crippen LogP contribution is 2.43. The van der Waals surface area contributed by atoms with Crippen molar-refractivity contribution >= 4 is 23.5 Å². The van der Waals surface area contributed by atoms with E-state index in [1.165, 1.54) is 5.56 Å². The van der Waals surface area contributed by atoms with Crippen LogP contribution in [0.3, 0.4) is 0 Å². The van der Waals surface area contributed by atoms with Crippen LogP contribution in [0.5, 0.6) is 23.0 Å². The zero-order chi connectivity index (χ0) is 31.8. The summed E-state index contributed by atoms with van der Waals surface area (Å²) in [5, 5.41) is -0.319. The monoisotopic (exact) mass is 620 g/mol. The van der Waals surface area contributed by atoms with Crippen LogP contribution in [0.4, 0.5) is 0 Å². The van der Waals surface area contributed by atoms with Gasteiger partial charge in [0.15, 0.2) is 23.0 Å². The van der Waals surface area contributed by atoms with Gasteiger partial charge < -0.3 is 37.4 Å². The van der Waals surface area contributed by atoms with Crippen LogP contribution in [0.1, 0.15) is 22.7 Å². The number of fused-ring (bicyclic) bond motifs is 1. The first kappa shape index (κ1) is 34.0. The quantitative estimate of drug-likeness (QED) is 0.178. The van der Waals surface area contributed by atoms with Crippen molar-refractivity contribution in [2.45, 2.75) is 18.9 Å². The Morgan fingerprint density at radius 3 is 2.16 bits per heavy atom. The van der Waals surface area contributed by atoms with E-state index in [1.54, 1.807) is 28.4 Å². The van der Waals surface area contributed by atoms with Gasteiger partial charge in [-0.1, -0.05) is 17.7 Å². The van der Waals surface area contributed by atoms with Crippen molar-refractivity contribution in [1.82, 2.24) is 0 Å². The van der Waals surface area contributed by atoms with Crippen LogP contribution in [0.2, 0.25) is 0 Å². The molecule has 1 aliphatic heterocycles. The number of esters is 2. The van der Waals surface area contributed by atoms with Gasteiger partial charge in [0, 0.05) is 24.5 Å². The molecule has 0 radical (unpaired) electrons. The van der Waals surface area contributed by atoms with Gasteiger partial charge in [0.1, 0.15) is 37.4 Å². The summed E-state index contributed by atoms with van der Waals surface area (Å²) in [4.78, 5) is 24.7. The lowest BCUT2D eigenvalue weighted by atomic mass is 9.86. The minimum absolute atomic E-state index is 0.00238. The third-order valence-electron chi connectivity index (χ3n) is 7.81. The van der Waals surface area contributed by atoms with Gasteiger partial charge in [-0.05, 0) is 35.4 Å². The maximum atomic E-state index is 12.6. The molecule has 2 unspecified atom stereocenters. The molecule has 43 heavy (non-hydrogen) atoms. The maximum Gasteiger partial charge on any atom is 0.350 e. The van der Waals surface area contributed by atoms with E-state index in [9.17, 15) is 9.59 Å². The number of ether oxygens (including phenoxy) is 6. The van der Waals surface area contributed by atoms with Gasteiger partial charge in [-0.3, -0.25) is 0 Å². The average Bonchev–Trinajstić information content (AvgIpc) is 2.97. The summed E-state index contributed by atoms with van der Waals surface area (Å²) in [5.74, 6) is 1.22. The molecular weight excluding hydrogens is 576 g/mol. The summed E-state index contributed by atoms with van der Waals surface area (Å²) in [6.45, 7) is 2.29. The molecule has 2 atom stereocenters. The number of carbonyl (C=O) groups is 2. The molecule has 0 spiro atoms. The van der Waals surface area contributed by atoms with Gasteiger partial charge >= 0.3 is 11.9 Å². The normalized spacial score (nSPS) is 18.3. The molecule has 0 saturated carbocycles. The van der Waals surface area contributed by atoms with Gasteiger partial charge in [-0.15, -0.1) is 0 Å². The number of likely N-dealkylation sites (N-methyl/N-ethyl adjacent to an activating group) is 2. The number of rotatable bonds is 14. The molecule has 10 nitrogen and oxygen atoms in total. The number of quaternary nitrogens is 2. The smallest absolute Gasteiger partial charge is 0.350 e. The number of benzene rings is 2. The van der Waals surface area contributed by atoms with Crippen molar-refractivity contribution in [3.63, 3.8) is 0 Å². The summed E-state index contributed by atoms with van der Waals surface area (Å²) < 4.78 is 34.1. The second-order valence-electron chi connectivity index (χ2n) is 11.8. The van der Waals surface area contributed by atoms with Crippen molar-refractivity contribution in [1.29, 1.82) is 0 Å². The van der Waals surface area contributed by atoms with Crippen LogP contribution in [-0.4, -0.2) is 110 Å². The van der Waals surface area contributed by atoms with Crippen molar-refractivity contribution in [3.8, 4) is 23.0 Å². The van der Waals surface area contributed by atoms with E-state index in [0.717, 1.165) is 30.2 Å². The van der Waals surface area contributed by atoms with Crippen molar-refractivity contribution < 1.29 is 47.0 Å². The third kappa shape index (κ3) is 9.01. The zero-order valence-electron chi connectivity index (χ0n) is 26.5. The predicted octanol–water partition coefficient (Wildman–Crippen LogP) is 3.92. The van der Waals surface area contributed by atoms with Gasteiger partial charge in [0.25, 0.3) is 0 Å². The fourth-order valence-electron chi connectivity index (χ4n) is 5.20. The van der Waals surface area contributed by atoms with Gasteiger partial charge in [-0.25, -0.2) is 9.59 Å². The number of hydrogen-bond donors (Lipinski definition) is 0. The van der Waals surface area contributed by atoms with Gasteiger partial charge in [0.05, 0.1) is 63.2 Å². The molecule has 2 aromatic rings. The summed E-state index contributed by atoms with van der Waals surface area (Å²) in [6, 6.07) is 10.0. The molecule has 0 saturated heterocycles. The van der Waals surface area contributed by atoms with E-state index in [1.807, 2.05) is 51.5 Å². The highest BCUT2D eigenvalue weighted by molar-refractivity contribution is 6.42. The molecular formula is C32H45ClN2O8+2. The number of carbonyl (C=O) groups excluding carboxylic acids is 2. The maximum absolute atomic E-state index is 12.6. The van der Waals surface area contributed by atoms with Crippen LogP contribution in [0.25, 0.3) is 0 Å². The minimum atomic E-state index is -0.767. The largest absolute Gasteiger partial charge is 0.493 e. The molecule has 1 heterocycles. The second kappa shape index (κ2) is 14.8. The topological polar surface area (TPSA) is 89.5 Å². The predicted molar refractivity (Wildman–Crippen MR) is 164 cm³/mol. The molecule has 0 N–H and O–H groups in total. The van der Waals surface area contributed by atoms with Crippen LogP contribution in [0, 0.1) is 0 Å². The number of methoxy groups -OCH3 is 4. The average molecular weight is 621 g/mol. The lowest BCUT2D eigenvalue weighted by Gasteiger charge is -2.46. The van der Waals surface area contributed by atoms with Crippen molar-refractivity contribution in [2.75, 3.05) is 89.5 Å². The Hall–Kier alpha value is -3.47. The lowest BCUT2D eigenvalue weighted by Crippen LogP contribution is -2.53. The Labute approximate surface area is 259 Å². The van der Waals surface area contributed by atoms with E-state index in [0.29, 0.717) is 51.5 Å². The fraction of sp³-hybridized carbons (Fsp3) is 0.500. The van der Waals surface area contributed by atoms with Gasteiger partial charge in [-0.2, -0.15) is 0 Å². The van der Waals surface area contributed by atoms with Crippen LogP contribution in [0.15, 0.2) is 41.4 Å². The molecule has 1 aliphatic rings. The van der Waals surface area contributed by atoms with Gasteiger partial charge in [0.2, 0.25) is 0 Å². The Morgan fingerprint density at radius 1 is 0.907 bits per heavy atom. The Bertz CT molecular complexity index is 1320. The molecule has 0 bridgehead atoms. The Balaban J connectivity index is 1.80. The van der Waals surface area contributed by atoms with E-state index in [2.05, 4.69) is 7.05 Å². The first-order chi connectivity index (χ1) is 20.3. The van der Waals surface area contributed by atoms with E-state index in [-0.39, 0.29) is 24.3 Å². The highest BCUT2D eigenvalue weighted by atomic mass is 35.5. The fourth-order valence-corrected chi connectivity index (χ4v) is 5.34. The van der Waals surface area contributed by atoms with Crippen molar-refractivity contribution in [3.05, 3.63) is 58.1 Å². The molecule has 0 aromatic heterocycles. The molecule has 0 amide bonds. The Kier molecular flexibility index (Phi) is 11.7. The van der Waals surface area contributed by atoms with E-state index >= 15 is 0 Å².